The SMILES string of the molecule is CNC(=O)c1cc(Oc2ccc(CNC(=O)Nc3cc(C)c(Cl)cc3N(C)CCN(C)C)cc2)ccn1. The number of likely N-dealkylation sites (N-methyl/N-ethyl adjacent to an activating group) is 2. The van der Waals surface area contributed by atoms with Crippen molar-refractivity contribution < 1.29 is 14.3 Å². The summed E-state index contributed by atoms with van der Waals surface area (Å²) in [4.78, 5) is 32.7. The Morgan fingerprint density at radius 3 is 2.41 bits per heavy atom. The van der Waals surface area contributed by atoms with Crippen LogP contribution in [-0.2, 0) is 6.54 Å². The standard InChI is InChI=1S/C27H33ClN6O3/c1-18-14-23(25(16-22(18)28)34(5)13-12-33(3)4)32-27(36)31-17-19-6-8-20(9-7-19)37-21-10-11-30-24(15-21)26(35)29-2/h6-11,14-16H,12-13,17H2,1-5H3,(H,29,35)(H2,31,32,36). The number of amides is 3. The molecule has 0 saturated carbocycles. The van der Waals surface area contributed by atoms with Crippen molar-refractivity contribution in [3.63, 3.8) is 0 Å². The molecule has 0 aliphatic carbocycles. The predicted molar refractivity (Wildman–Crippen MR) is 148 cm³/mol. The molecule has 9 nitrogen and oxygen atoms in total. The average molecular weight is 525 g/mol. The van der Waals surface area contributed by atoms with E-state index in [4.69, 9.17) is 16.3 Å². The number of aryl methyl sites for hydroxylation is 1. The fourth-order valence-corrected chi connectivity index (χ4v) is 3.60. The third-order valence-electron chi connectivity index (χ3n) is 5.62. The molecule has 0 unspecified atom stereocenters. The number of nitrogens with one attached hydrogen (secondary N) is 3. The number of nitrogens with zero attached hydrogens (tertiary/aromatic N) is 3. The Kier molecular flexibility index (Phi) is 9.71. The number of carbonyl (C=O) groups excluding carboxylic acids is 2. The Morgan fingerprint density at radius 2 is 1.73 bits per heavy atom. The number of rotatable bonds is 10. The van der Waals surface area contributed by atoms with Gasteiger partial charge in [0.15, 0.2) is 0 Å². The monoisotopic (exact) mass is 524 g/mol. The van der Waals surface area contributed by atoms with Crippen molar-refractivity contribution in [2.75, 3.05) is 51.5 Å². The van der Waals surface area contributed by atoms with E-state index in [1.165, 1.54) is 6.20 Å². The zero-order valence-corrected chi connectivity index (χ0v) is 22.5. The van der Waals surface area contributed by atoms with Crippen LogP contribution in [0.15, 0.2) is 54.7 Å². The highest BCUT2D eigenvalue weighted by molar-refractivity contribution is 6.31. The van der Waals surface area contributed by atoms with E-state index >= 15 is 0 Å². The van der Waals surface area contributed by atoms with Crippen molar-refractivity contribution in [2.24, 2.45) is 0 Å². The van der Waals surface area contributed by atoms with E-state index in [9.17, 15) is 9.59 Å². The summed E-state index contributed by atoms with van der Waals surface area (Å²) in [6.07, 6.45) is 1.52. The quantitative estimate of drug-likeness (QED) is 0.361. The molecule has 0 saturated heterocycles. The number of pyridine rings is 1. The molecule has 10 heteroatoms. The Morgan fingerprint density at radius 1 is 1.00 bits per heavy atom. The fraction of sp³-hybridized carbons (Fsp3) is 0.296. The minimum Gasteiger partial charge on any atom is -0.457 e. The van der Waals surface area contributed by atoms with Crippen LogP contribution in [0.1, 0.15) is 21.6 Å². The summed E-state index contributed by atoms with van der Waals surface area (Å²) in [5.41, 5.74) is 3.60. The number of hydrogen-bond acceptors (Lipinski definition) is 6. The molecule has 0 atom stereocenters. The number of anilines is 2. The van der Waals surface area contributed by atoms with Crippen LogP contribution in [0.3, 0.4) is 0 Å². The summed E-state index contributed by atoms with van der Waals surface area (Å²) in [5, 5.41) is 9.03. The van der Waals surface area contributed by atoms with E-state index in [1.54, 1.807) is 31.3 Å². The van der Waals surface area contributed by atoms with Gasteiger partial charge < -0.3 is 30.5 Å². The van der Waals surface area contributed by atoms with Gasteiger partial charge in [-0.05, 0) is 62.5 Å². The lowest BCUT2D eigenvalue weighted by atomic mass is 10.1. The number of halogens is 1. The van der Waals surface area contributed by atoms with Gasteiger partial charge in [-0.1, -0.05) is 23.7 Å². The van der Waals surface area contributed by atoms with Crippen molar-refractivity contribution >= 4 is 34.9 Å². The van der Waals surface area contributed by atoms with Crippen LogP contribution < -0.4 is 25.6 Å². The first-order valence-corrected chi connectivity index (χ1v) is 12.2. The lowest BCUT2D eigenvalue weighted by Crippen LogP contribution is -2.31. The van der Waals surface area contributed by atoms with E-state index < -0.39 is 0 Å². The minimum atomic E-state index is -0.317. The number of ether oxygens (including phenoxy) is 1. The van der Waals surface area contributed by atoms with Gasteiger partial charge in [0.25, 0.3) is 5.91 Å². The number of carbonyl (C=O) groups is 2. The first-order chi connectivity index (χ1) is 17.7. The van der Waals surface area contributed by atoms with Gasteiger partial charge in [0.05, 0.1) is 11.4 Å². The summed E-state index contributed by atoms with van der Waals surface area (Å²) < 4.78 is 5.83. The normalized spacial score (nSPS) is 10.7. The van der Waals surface area contributed by atoms with Crippen molar-refractivity contribution in [1.29, 1.82) is 0 Å². The topological polar surface area (TPSA) is 98.8 Å². The predicted octanol–water partition coefficient (Wildman–Crippen LogP) is 4.51. The van der Waals surface area contributed by atoms with Crippen LogP contribution in [0.2, 0.25) is 5.02 Å². The summed E-state index contributed by atoms with van der Waals surface area (Å²) >= 11 is 6.37. The Hall–Kier alpha value is -3.82. The Labute approximate surface area is 222 Å². The minimum absolute atomic E-state index is 0.273. The average Bonchev–Trinajstić information content (AvgIpc) is 2.88. The number of urea groups is 1. The smallest absolute Gasteiger partial charge is 0.319 e. The van der Waals surface area contributed by atoms with Crippen LogP contribution in [0.4, 0.5) is 16.2 Å². The van der Waals surface area contributed by atoms with Gasteiger partial charge in [0, 0.05) is 51.0 Å². The molecule has 1 heterocycles. The molecule has 3 rings (SSSR count). The second kappa shape index (κ2) is 12.9. The molecule has 196 valence electrons. The van der Waals surface area contributed by atoms with E-state index in [2.05, 4.69) is 30.7 Å². The van der Waals surface area contributed by atoms with Crippen LogP contribution in [0, 0.1) is 6.92 Å². The van der Waals surface area contributed by atoms with E-state index in [0.717, 1.165) is 29.9 Å². The molecule has 0 spiro atoms. The molecule has 0 fully saturated rings. The molecule has 1 aromatic heterocycles. The first-order valence-electron chi connectivity index (χ1n) is 11.8. The van der Waals surface area contributed by atoms with Gasteiger partial charge in [-0.15, -0.1) is 0 Å². The molecule has 0 bridgehead atoms. The lowest BCUT2D eigenvalue weighted by Gasteiger charge is -2.25. The molecular formula is C27H33ClN6O3. The highest BCUT2D eigenvalue weighted by atomic mass is 35.5. The largest absolute Gasteiger partial charge is 0.457 e. The zero-order valence-electron chi connectivity index (χ0n) is 21.8. The van der Waals surface area contributed by atoms with Crippen LogP contribution in [0.5, 0.6) is 11.5 Å². The van der Waals surface area contributed by atoms with Crippen LogP contribution in [-0.4, -0.2) is 63.1 Å². The second-order valence-electron chi connectivity index (χ2n) is 8.85. The number of benzene rings is 2. The lowest BCUT2D eigenvalue weighted by molar-refractivity contribution is 0.0958. The maximum atomic E-state index is 12.7. The maximum Gasteiger partial charge on any atom is 0.319 e. The second-order valence-corrected chi connectivity index (χ2v) is 9.26. The molecule has 2 aromatic carbocycles. The zero-order chi connectivity index (χ0) is 26.9. The summed E-state index contributed by atoms with van der Waals surface area (Å²) in [6.45, 7) is 3.89. The van der Waals surface area contributed by atoms with Crippen molar-refractivity contribution in [1.82, 2.24) is 20.5 Å². The highest BCUT2D eigenvalue weighted by Crippen LogP contribution is 2.31. The first kappa shape index (κ1) is 27.8. The van der Waals surface area contributed by atoms with Gasteiger partial charge in [-0.25, -0.2) is 4.79 Å². The maximum absolute atomic E-state index is 12.7. The Bertz CT molecular complexity index is 1230. The third-order valence-corrected chi connectivity index (χ3v) is 6.03. The van der Waals surface area contributed by atoms with Crippen molar-refractivity contribution in [3.05, 3.63) is 76.6 Å². The fourth-order valence-electron chi connectivity index (χ4n) is 3.44. The molecule has 0 aliphatic heterocycles. The van der Waals surface area contributed by atoms with Crippen LogP contribution in [0.25, 0.3) is 0 Å². The molecule has 37 heavy (non-hydrogen) atoms. The number of aromatic nitrogens is 1. The van der Waals surface area contributed by atoms with Gasteiger partial charge in [0.1, 0.15) is 17.2 Å². The molecule has 3 N–H and O–H groups in total. The van der Waals surface area contributed by atoms with E-state index in [-0.39, 0.29) is 17.6 Å². The van der Waals surface area contributed by atoms with E-state index in [1.807, 2.05) is 52.3 Å². The van der Waals surface area contributed by atoms with E-state index in [0.29, 0.717) is 28.8 Å². The van der Waals surface area contributed by atoms with Gasteiger partial charge >= 0.3 is 6.03 Å². The van der Waals surface area contributed by atoms with Gasteiger partial charge in [0.2, 0.25) is 0 Å². The van der Waals surface area contributed by atoms with Crippen LogP contribution >= 0.6 is 11.6 Å². The molecular weight excluding hydrogens is 492 g/mol. The molecule has 3 aromatic rings. The molecule has 0 radical (unpaired) electrons. The van der Waals surface area contributed by atoms with Crippen molar-refractivity contribution in [3.8, 4) is 11.5 Å². The summed E-state index contributed by atoms with van der Waals surface area (Å²) in [5.74, 6) is 0.819. The Balaban J connectivity index is 1.59. The van der Waals surface area contributed by atoms with Gasteiger partial charge in [-0.2, -0.15) is 0 Å². The summed E-state index contributed by atoms with van der Waals surface area (Å²) in [7, 11) is 7.56. The molecule has 3 amide bonds. The highest BCUT2D eigenvalue weighted by Gasteiger charge is 2.14. The molecule has 0 aliphatic rings. The summed E-state index contributed by atoms with van der Waals surface area (Å²) in [6, 6.07) is 14.0. The van der Waals surface area contributed by atoms with Gasteiger partial charge in [-0.3, -0.25) is 9.78 Å². The number of hydrogen-bond donors (Lipinski definition) is 3. The third kappa shape index (κ3) is 8.09. The van der Waals surface area contributed by atoms with Crippen molar-refractivity contribution in [2.45, 2.75) is 13.5 Å².